The summed E-state index contributed by atoms with van der Waals surface area (Å²) < 4.78 is 31.7. The molecule has 33 heavy (non-hydrogen) atoms. The van der Waals surface area contributed by atoms with Crippen LogP contribution in [0.3, 0.4) is 0 Å². The second-order valence-electron chi connectivity index (χ2n) is 6.36. The Kier molecular flexibility index (Phi) is 11.1. The molecule has 4 N–H and O–H groups in total. The Morgan fingerprint density at radius 1 is 0.970 bits per heavy atom. The minimum atomic E-state index is -5.08. The molecule has 0 heterocycles. The predicted octanol–water partition coefficient (Wildman–Crippen LogP) is 1.45. The number of alkyl halides is 3. The fourth-order valence-electron chi connectivity index (χ4n) is 2.27. The molecule has 0 saturated carbocycles. The predicted molar refractivity (Wildman–Crippen MR) is 110 cm³/mol. The normalized spacial score (nSPS) is 11.3. The molecule has 0 saturated heterocycles. The number of carbonyl (C=O) groups is 4. The van der Waals surface area contributed by atoms with Gasteiger partial charge in [0.25, 0.3) is 5.91 Å². The molecule has 0 spiro atoms. The van der Waals surface area contributed by atoms with Gasteiger partial charge in [0.1, 0.15) is 6.04 Å². The standard InChI is InChI=1S/C19H21N3O4.C2HF3O2/c1-20-13-17(23)21-16(12-14-8-4-2-5-9-14)18(24)22-26-19(25)15-10-6-3-7-11-15;3-2(4,5)1(6)7/h2-11,16,20H,12-13H2,1H3,(H,21,23)(H,22,24);(H,6,7)/t16-;/m0./s1. The van der Waals surface area contributed by atoms with E-state index in [4.69, 9.17) is 14.7 Å². The summed E-state index contributed by atoms with van der Waals surface area (Å²) in [5, 5.41) is 12.5. The lowest BCUT2D eigenvalue weighted by Gasteiger charge is -2.18. The summed E-state index contributed by atoms with van der Waals surface area (Å²) in [4.78, 5) is 49.9. The number of hydrogen-bond acceptors (Lipinski definition) is 6. The van der Waals surface area contributed by atoms with Crippen molar-refractivity contribution in [2.24, 2.45) is 0 Å². The topological polar surface area (TPSA) is 134 Å². The minimum absolute atomic E-state index is 0.0718. The third kappa shape index (κ3) is 10.8. The van der Waals surface area contributed by atoms with Gasteiger partial charge in [-0.25, -0.2) is 9.59 Å². The molecule has 0 aromatic heterocycles. The number of aliphatic carboxylic acids is 1. The van der Waals surface area contributed by atoms with Crippen molar-refractivity contribution in [1.82, 2.24) is 16.1 Å². The average molecular weight is 469 g/mol. The number of rotatable bonds is 7. The summed E-state index contributed by atoms with van der Waals surface area (Å²) in [5.41, 5.74) is 3.30. The lowest BCUT2D eigenvalue weighted by Crippen LogP contribution is -2.50. The fraction of sp³-hybridized carbons (Fsp3) is 0.238. The Morgan fingerprint density at radius 3 is 1.97 bits per heavy atom. The third-order valence-electron chi connectivity index (χ3n) is 3.77. The van der Waals surface area contributed by atoms with Crippen LogP contribution in [0.4, 0.5) is 13.2 Å². The van der Waals surface area contributed by atoms with Crippen LogP contribution < -0.4 is 16.1 Å². The van der Waals surface area contributed by atoms with E-state index in [0.717, 1.165) is 5.56 Å². The highest BCUT2D eigenvalue weighted by molar-refractivity contribution is 5.92. The van der Waals surface area contributed by atoms with E-state index in [-0.39, 0.29) is 18.9 Å². The highest BCUT2D eigenvalue weighted by Gasteiger charge is 2.38. The summed E-state index contributed by atoms with van der Waals surface area (Å²) in [6.45, 7) is 0.0718. The molecule has 12 heteroatoms. The van der Waals surface area contributed by atoms with Gasteiger partial charge >= 0.3 is 18.1 Å². The zero-order chi connectivity index (χ0) is 24.9. The Balaban J connectivity index is 0.000000675. The number of carboxylic acids is 1. The summed E-state index contributed by atoms with van der Waals surface area (Å²) in [6.07, 6.45) is -4.81. The maximum atomic E-state index is 12.4. The highest BCUT2D eigenvalue weighted by atomic mass is 19.4. The molecule has 0 fully saturated rings. The summed E-state index contributed by atoms with van der Waals surface area (Å²) in [6, 6.07) is 16.7. The monoisotopic (exact) mass is 469 g/mol. The van der Waals surface area contributed by atoms with Gasteiger partial charge in [-0.1, -0.05) is 48.5 Å². The van der Waals surface area contributed by atoms with E-state index in [1.807, 2.05) is 30.3 Å². The van der Waals surface area contributed by atoms with Crippen LogP contribution in [0.1, 0.15) is 15.9 Å². The van der Waals surface area contributed by atoms with Crippen molar-refractivity contribution in [1.29, 1.82) is 0 Å². The lowest BCUT2D eigenvalue weighted by atomic mass is 10.1. The number of hydroxylamine groups is 1. The van der Waals surface area contributed by atoms with E-state index < -0.39 is 30.1 Å². The summed E-state index contributed by atoms with van der Waals surface area (Å²) in [5.74, 6) is -4.38. The molecule has 1 atom stereocenters. The van der Waals surface area contributed by atoms with Gasteiger partial charge in [0.05, 0.1) is 12.1 Å². The molecule has 0 aliphatic carbocycles. The van der Waals surface area contributed by atoms with Crippen molar-refractivity contribution in [3.63, 3.8) is 0 Å². The average Bonchev–Trinajstić information content (AvgIpc) is 2.78. The Labute approximate surface area is 186 Å². The number of carbonyl (C=O) groups excluding carboxylic acids is 3. The van der Waals surface area contributed by atoms with Crippen LogP contribution in [0.25, 0.3) is 0 Å². The molecular formula is C21H22F3N3O6. The number of carboxylic acid groups (broad SMARTS) is 1. The van der Waals surface area contributed by atoms with Crippen LogP contribution in [0, 0.1) is 0 Å². The second-order valence-corrected chi connectivity index (χ2v) is 6.36. The molecule has 2 amide bonds. The van der Waals surface area contributed by atoms with Crippen LogP contribution in [0.15, 0.2) is 60.7 Å². The second kappa shape index (κ2) is 13.5. The van der Waals surface area contributed by atoms with E-state index in [0.29, 0.717) is 5.56 Å². The number of nitrogens with one attached hydrogen (secondary N) is 3. The van der Waals surface area contributed by atoms with Crippen molar-refractivity contribution in [3.8, 4) is 0 Å². The lowest BCUT2D eigenvalue weighted by molar-refractivity contribution is -0.192. The SMILES string of the molecule is CNCC(=O)N[C@@H](Cc1ccccc1)C(=O)NOC(=O)c1ccccc1.O=C(O)C(F)(F)F. The van der Waals surface area contributed by atoms with Crippen molar-refractivity contribution in [2.75, 3.05) is 13.6 Å². The molecule has 2 aromatic carbocycles. The molecule has 178 valence electrons. The smallest absolute Gasteiger partial charge is 0.475 e. The molecule has 0 bridgehead atoms. The largest absolute Gasteiger partial charge is 0.490 e. The molecular weight excluding hydrogens is 447 g/mol. The first-order valence-corrected chi connectivity index (χ1v) is 9.38. The number of halogens is 3. The van der Waals surface area contributed by atoms with Crippen molar-refractivity contribution in [2.45, 2.75) is 18.6 Å². The van der Waals surface area contributed by atoms with Crippen LogP contribution >= 0.6 is 0 Å². The van der Waals surface area contributed by atoms with Gasteiger partial charge in [0.15, 0.2) is 0 Å². The number of amides is 2. The zero-order valence-electron chi connectivity index (χ0n) is 17.4. The van der Waals surface area contributed by atoms with Crippen molar-refractivity contribution < 1.29 is 42.3 Å². The molecule has 0 radical (unpaired) electrons. The first-order chi connectivity index (χ1) is 15.5. The van der Waals surface area contributed by atoms with E-state index in [1.165, 1.54) is 0 Å². The van der Waals surface area contributed by atoms with Gasteiger partial charge in [0, 0.05) is 6.42 Å². The Bertz CT molecular complexity index is 924. The summed E-state index contributed by atoms with van der Waals surface area (Å²) in [7, 11) is 1.63. The van der Waals surface area contributed by atoms with Gasteiger partial charge in [0.2, 0.25) is 5.91 Å². The maximum Gasteiger partial charge on any atom is 0.490 e. The first kappa shape index (κ1) is 27.1. The highest BCUT2D eigenvalue weighted by Crippen LogP contribution is 2.13. The Morgan fingerprint density at radius 2 is 1.48 bits per heavy atom. The summed E-state index contributed by atoms with van der Waals surface area (Å²) >= 11 is 0. The van der Waals surface area contributed by atoms with Gasteiger partial charge in [-0.2, -0.15) is 18.7 Å². The van der Waals surface area contributed by atoms with Gasteiger partial charge < -0.3 is 20.6 Å². The van der Waals surface area contributed by atoms with Gasteiger partial charge in [-0.15, -0.1) is 0 Å². The molecule has 9 nitrogen and oxygen atoms in total. The quantitative estimate of drug-likeness (QED) is 0.451. The van der Waals surface area contributed by atoms with Crippen LogP contribution in [-0.4, -0.2) is 54.7 Å². The maximum absolute atomic E-state index is 12.4. The third-order valence-corrected chi connectivity index (χ3v) is 3.77. The Hall–Kier alpha value is -3.93. The molecule has 0 aliphatic heterocycles. The zero-order valence-corrected chi connectivity index (χ0v) is 17.4. The first-order valence-electron chi connectivity index (χ1n) is 9.38. The van der Waals surface area contributed by atoms with Crippen LogP contribution in [0.5, 0.6) is 0 Å². The van der Waals surface area contributed by atoms with Crippen molar-refractivity contribution >= 4 is 23.8 Å². The molecule has 2 rings (SSSR count). The van der Waals surface area contributed by atoms with Gasteiger partial charge in [-0.05, 0) is 24.7 Å². The van der Waals surface area contributed by atoms with E-state index in [9.17, 15) is 27.6 Å². The van der Waals surface area contributed by atoms with E-state index in [2.05, 4.69) is 16.1 Å². The van der Waals surface area contributed by atoms with Crippen LogP contribution in [-0.2, 0) is 25.6 Å². The van der Waals surface area contributed by atoms with Gasteiger partial charge in [-0.3, -0.25) is 9.59 Å². The minimum Gasteiger partial charge on any atom is -0.475 e. The van der Waals surface area contributed by atoms with E-state index in [1.54, 1.807) is 37.4 Å². The van der Waals surface area contributed by atoms with Crippen LogP contribution in [0.2, 0.25) is 0 Å². The molecule has 0 unspecified atom stereocenters. The molecule has 0 aliphatic rings. The molecule has 2 aromatic rings. The number of benzene rings is 2. The van der Waals surface area contributed by atoms with E-state index >= 15 is 0 Å². The fourth-order valence-corrected chi connectivity index (χ4v) is 2.27. The number of likely N-dealkylation sites (N-methyl/N-ethyl adjacent to an activating group) is 1. The van der Waals surface area contributed by atoms with Crippen molar-refractivity contribution in [3.05, 3.63) is 71.8 Å². The number of hydrogen-bond donors (Lipinski definition) is 4.